The number of alkyl carbamates (subject to hydrolysis) is 2. The van der Waals surface area contributed by atoms with E-state index in [0.29, 0.717) is 39.0 Å². The zero-order chi connectivity index (χ0) is 43.6. The summed E-state index contributed by atoms with van der Waals surface area (Å²) in [6, 6.07) is 15.1. The number of rotatable bonds is 24. The lowest BCUT2D eigenvalue weighted by molar-refractivity contribution is -0.145. The molecule has 0 unspecified atom stereocenters. The first-order chi connectivity index (χ1) is 27.9. The third-order valence-electron chi connectivity index (χ3n) is 9.46. The van der Waals surface area contributed by atoms with Gasteiger partial charge in [0.25, 0.3) is 0 Å². The van der Waals surface area contributed by atoms with Crippen molar-refractivity contribution in [1.29, 1.82) is 0 Å². The molecule has 1 aliphatic carbocycles. The van der Waals surface area contributed by atoms with E-state index in [9.17, 15) is 19.2 Å². The van der Waals surface area contributed by atoms with Crippen molar-refractivity contribution in [1.82, 2.24) is 20.4 Å². The van der Waals surface area contributed by atoms with E-state index < -0.39 is 46.9 Å². The zero-order valence-corrected chi connectivity index (χ0v) is 38.2. The zero-order valence-electron chi connectivity index (χ0n) is 36.6. The SMILES string of the molecule is COC(=O)[C@H](CCN(CCSCc1ccc(OC)cc1)CCN(CCSCc1ccc(OC)cc1)C[C@@H]1C[C@]1(NC(=O)OC(C)(C)C)C(=O)OC)NC(=O)OC(C)(C)C. The quantitative estimate of drug-likeness (QED) is 0.0681. The van der Waals surface area contributed by atoms with Crippen molar-refractivity contribution in [3.05, 3.63) is 59.7 Å². The van der Waals surface area contributed by atoms with Gasteiger partial charge in [-0.05, 0) is 89.8 Å². The van der Waals surface area contributed by atoms with Crippen LogP contribution >= 0.6 is 23.5 Å². The third kappa shape index (κ3) is 18.1. The first kappa shape index (κ1) is 49.5. The summed E-state index contributed by atoms with van der Waals surface area (Å²) in [5.41, 5.74) is -0.264. The van der Waals surface area contributed by atoms with E-state index in [0.717, 1.165) is 47.6 Å². The van der Waals surface area contributed by atoms with Gasteiger partial charge >= 0.3 is 24.1 Å². The van der Waals surface area contributed by atoms with Crippen molar-refractivity contribution < 1.29 is 47.6 Å². The van der Waals surface area contributed by atoms with Crippen molar-refractivity contribution in [2.24, 2.45) is 5.92 Å². The van der Waals surface area contributed by atoms with Crippen molar-refractivity contribution in [3.63, 3.8) is 0 Å². The fourth-order valence-corrected chi connectivity index (χ4v) is 8.18. The molecule has 2 aromatic carbocycles. The molecule has 3 atom stereocenters. The predicted molar refractivity (Wildman–Crippen MR) is 233 cm³/mol. The first-order valence-corrected chi connectivity index (χ1v) is 22.2. The number of hydrogen-bond donors (Lipinski definition) is 2. The molecular formula is C43H66N4O10S2. The largest absolute Gasteiger partial charge is 0.497 e. The van der Waals surface area contributed by atoms with Gasteiger partial charge in [-0.3, -0.25) is 0 Å². The number of carbonyl (C=O) groups excluding carboxylic acids is 4. The van der Waals surface area contributed by atoms with Gasteiger partial charge in [-0.1, -0.05) is 24.3 Å². The number of carbonyl (C=O) groups is 4. The monoisotopic (exact) mass is 862 g/mol. The van der Waals surface area contributed by atoms with Gasteiger partial charge in [-0.15, -0.1) is 0 Å². The Morgan fingerprint density at radius 1 is 0.695 bits per heavy atom. The average molecular weight is 863 g/mol. The van der Waals surface area contributed by atoms with E-state index in [-0.39, 0.29) is 5.92 Å². The molecular weight excluding hydrogens is 797 g/mol. The molecule has 330 valence electrons. The Bertz CT molecular complexity index is 1620. The van der Waals surface area contributed by atoms with Gasteiger partial charge in [0.1, 0.15) is 34.3 Å². The highest BCUT2D eigenvalue weighted by Crippen LogP contribution is 2.45. The van der Waals surface area contributed by atoms with E-state index >= 15 is 0 Å². The molecule has 16 heteroatoms. The minimum atomic E-state index is -1.18. The normalized spacial score (nSPS) is 16.8. The molecule has 0 aromatic heterocycles. The maximum atomic E-state index is 13.2. The van der Waals surface area contributed by atoms with Crippen LogP contribution in [0.4, 0.5) is 9.59 Å². The third-order valence-corrected chi connectivity index (χ3v) is 11.5. The molecule has 0 heterocycles. The second-order valence-corrected chi connectivity index (χ2v) is 18.7. The highest BCUT2D eigenvalue weighted by Gasteiger charge is 2.63. The van der Waals surface area contributed by atoms with E-state index in [2.05, 4.69) is 44.7 Å². The lowest BCUT2D eigenvalue weighted by atomic mass is 10.2. The number of nitrogens with zero attached hydrogens (tertiary/aromatic N) is 2. The van der Waals surface area contributed by atoms with Crippen molar-refractivity contribution in [2.45, 2.75) is 88.7 Å². The van der Waals surface area contributed by atoms with Crippen LogP contribution in [0.3, 0.4) is 0 Å². The fraction of sp³-hybridized carbons (Fsp3) is 0.628. The summed E-state index contributed by atoms with van der Waals surface area (Å²) >= 11 is 3.62. The summed E-state index contributed by atoms with van der Waals surface area (Å²) in [5.74, 6) is 3.67. The lowest BCUT2D eigenvalue weighted by Crippen LogP contribution is -2.49. The molecule has 14 nitrogen and oxygen atoms in total. The summed E-state index contributed by atoms with van der Waals surface area (Å²) in [5, 5.41) is 5.54. The summed E-state index contributed by atoms with van der Waals surface area (Å²) in [6.07, 6.45) is -0.616. The maximum absolute atomic E-state index is 13.2. The van der Waals surface area contributed by atoms with Gasteiger partial charge in [-0.25, -0.2) is 19.2 Å². The molecule has 0 saturated heterocycles. The number of benzene rings is 2. The minimum absolute atomic E-state index is 0.190. The van der Waals surface area contributed by atoms with Gasteiger partial charge < -0.3 is 48.9 Å². The Labute approximate surface area is 359 Å². The Balaban J connectivity index is 1.77. The van der Waals surface area contributed by atoms with Crippen LogP contribution in [0.25, 0.3) is 0 Å². The van der Waals surface area contributed by atoms with Crippen molar-refractivity contribution in [3.8, 4) is 11.5 Å². The van der Waals surface area contributed by atoms with Crippen molar-refractivity contribution >= 4 is 47.6 Å². The van der Waals surface area contributed by atoms with Crippen LogP contribution < -0.4 is 20.1 Å². The summed E-state index contributed by atoms with van der Waals surface area (Å²) in [4.78, 5) is 56.2. The Morgan fingerprint density at radius 3 is 1.66 bits per heavy atom. The number of hydrogen-bond acceptors (Lipinski definition) is 14. The van der Waals surface area contributed by atoms with Crippen LogP contribution in [0.5, 0.6) is 11.5 Å². The van der Waals surface area contributed by atoms with Gasteiger partial charge in [0.05, 0.1) is 28.4 Å². The second kappa shape index (κ2) is 23.8. The molecule has 1 aliphatic rings. The molecule has 3 rings (SSSR count). The van der Waals surface area contributed by atoms with Crippen LogP contribution in [0, 0.1) is 5.92 Å². The maximum Gasteiger partial charge on any atom is 0.408 e. The number of nitrogens with one attached hydrogen (secondary N) is 2. The van der Waals surface area contributed by atoms with Crippen LogP contribution in [0.2, 0.25) is 0 Å². The standard InChI is InChI=1S/C43H66N4O10S2/c1-41(2,3)56-39(50)44-36(37(48)54-9)19-20-46(23-25-58-29-31-11-15-34(52-7)16-12-31)21-22-47(24-26-59-30-32-13-17-35(53-8)18-14-32)28-33-27-43(33,38(49)55-10)45-40(51)57-42(4,5)6/h11-18,33,36H,19-30H2,1-10H3,(H,44,50)(H,45,51)/t33-,36-,43+/m0/s1. The van der Waals surface area contributed by atoms with Gasteiger partial charge in [0, 0.05) is 68.2 Å². The predicted octanol–water partition coefficient (Wildman–Crippen LogP) is 6.39. The number of ether oxygens (including phenoxy) is 6. The minimum Gasteiger partial charge on any atom is -0.497 e. The van der Waals surface area contributed by atoms with Gasteiger partial charge in [0.2, 0.25) is 0 Å². The van der Waals surface area contributed by atoms with Crippen LogP contribution in [-0.2, 0) is 40.0 Å². The fourth-order valence-electron chi connectivity index (χ4n) is 6.26. The van der Waals surface area contributed by atoms with Gasteiger partial charge in [0.15, 0.2) is 0 Å². The molecule has 1 saturated carbocycles. The van der Waals surface area contributed by atoms with Crippen LogP contribution in [0.15, 0.2) is 48.5 Å². The molecule has 59 heavy (non-hydrogen) atoms. The Hall–Kier alpha value is -3.86. The van der Waals surface area contributed by atoms with E-state index in [1.807, 2.05) is 36.0 Å². The van der Waals surface area contributed by atoms with Crippen LogP contribution in [0.1, 0.15) is 65.5 Å². The highest BCUT2D eigenvalue weighted by atomic mass is 32.2. The molecule has 2 N–H and O–H groups in total. The van der Waals surface area contributed by atoms with Crippen molar-refractivity contribution in [2.75, 3.05) is 79.2 Å². The van der Waals surface area contributed by atoms with E-state index in [1.165, 1.54) is 25.3 Å². The Kier molecular flexibility index (Phi) is 20.0. The Morgan fingerprint density at radius 2 is 1.19 bits per heavy atom. The number of thioether (sulfide) groups is 2. The second-order valence-electron chi connectivity index (χ2n) is 16.4. The molecule has 1 fully saturated rings. The summed E-state index contributed by atoms with van der Waals surface area (Å²) in [7, 11) is 5.93. The number of amides is 2. The highest BCUT2D eigenvalue weighted by molar-refractivity contribution is 7.98. The molecule has 0 radical (unpaired) electrons. The molecule has 0 aliphatic heterocycles. The number of esters is 2. The first-order valence-electron chi connectivity index (χ1n) is 19.9. The smallest absolute Gasteiger partial charge is 0.408 e. The molecule has 0 bridgehead atoms. The van der Waals surface area contributed by atoms with Gasteiger partial charge in [-0.2, -0.15) is 23.5 Å². The molecule has 2 amide bonds. The molecule has 2 aromatic rings. The lowest BCUT2D eigenvalue weighted by Gasteiger charge is -2.30. The topological polar surface area (TPSA) is 154 Å². The number of methoxy groups -OCH3 is 4. The average Bonchev–Trinajstić information content (AvgIpc) is 3.87. The molecule has 0 spiro atoms. The summed E-state index contributed by atoms with van der Waals surface area (Å²) < 4.78 is 31.8. The van der Waals surface area contributed by atoms with Crippen LogP contribution in [-0.4, -0.2) is 136 Å². The van der Waals surface area contributed by atoms with E-state index in [1.54, 1.807) is 67.5 Å². The van der Waals surface area contributed by atoms with E-state index in [4.69, 9.17) is 28.4 Å². The summed E-state index contributed by atoms with van der Waals surface area (Å²) in [6.45, 7) is 14.4.